The van der Waals surface area contributed by atoms with E-state index >= 15 is 0 Å². The second kappa shape index (κ2) is 8.27. The number of carbonyl (C=O) groups is 2. The summed E-state index contributed by atoms with van der Waals surface area (Å²) >= 11 is 0. The van der Waals surface area contributed by atoms with Crippen molar-refractivity contribution in [3.8, 4) is 0 Å². The molecule has 3 N–H and O–H groups in total. The summed E-state index contributed by atoms with van der Waals surface area (Å²) in [5.74, 6) is 0.0597. The van der Waals surface area contributed by atoms with Crippen molar-refractivity contribution in [2.24, 2.45) is 5.92 Å². The van der Waals surface area contributed by atoms with Gasteiger partial charge in [-0.15, -0.1) is 0 Å². The minimum absolute atomic E-state index is 0.0464. The Morgan fingerprint density at radius 3 is 2.12 bits per heavy atom. The SMILES string of the molecule is CC(C)Nc1ncc(C(=O)NC2(NC(=O)C(C)C)CCCCC2)cn1. The number of carbonyl (C=O) groups excluding carboxylic acids is 2. The molecule has 0 bridgehead atoms. The van der Waals surface area contributed by atoms with Gasteiger partial charge in [-0.3, -0.25) is 9.59 Å². The monoisotopic (exact) mass is 347 g/mol. The van der Waals surface area contributed by atoms with Crippen LogP contribution in [0.5, 0.6) is 0 Å². The molecule has 0 aliphatic heterocycles. The van der Waals surface area contributed by atoms with E-state index in [2.05, 4.69) is 25.9 Å². The van der Waals surface area contributed by atoms with Crippen LogP contribution in [0.15, 0.2) is 12.4 Å². The third-order valence-corrected chi connectivity index (χ3v) is 4.28. The molecule has 0 saturated heterocycles. The Morgan fingerprint density at radius 1 is 1.00 bits per heavy atom. The summed E-state index contributed by atoms with van der Waals surface area (Å²) in [5, 5.41) is 9.16. The van der Waals surface area contributed by atoms with Crippen molar-refractivity contribution >= 4 is 17.8 Å². The van der Waals surface area contributed by atoms with Crippen LogP contribution >= 0.6 is 0 Å². The fraction of sp³-hybridized carbons (Fsp3) is 0.667. The van der Waals surface area contributed by atoms with Gasteiger partial charge in [0, 0.05) is 24.4 Å². The Morgan fingerprint density at radius 2 is 1.60 bits per heavy atom. The molecule has 0 radical (unpaired) electrons. The molecule has 0 aromatic carbocycles. The lowest BCUT2D eigenvalue weighted by Gasteiger charge is -2.39. The van der Waals surface area contributed by atoms with Crippen molar-refractivity contribution in [2.75, 3.05) is 5.32 Å². The molecule has 1 heterocycles. The highest BCUT2D eigenvalue weighted by Crippen LogP contribution is 2.26. The fourth-order valence-corrected chi connectivity index (χ4v) is 2.88. The summed E-state index contributed by atoms with van der Waals surface area (Å²) in [6.45, 7) is 7.69. The molecule has 1 aliphatic rings. The van der Waals surface area contributed by atoms with Crippen LogP contribution in [-0.2, 0) is 4.79 Å². The predicted molar refractivity (Wildman–Crippen MR) is 97.1 cm³/mol. The number of hydrogen-bond donors (Lipinski definition) is 3. The predicted octanol–water partition coefficient (Wildman–Crippen LogP) is 2.46. The molecule has 2 rings (SSSR count). The minimum atomic E-state index is -0.675. The van der Waals surface area contributed by atoms with E-state index < -0.39 is 5.66 Å². The zero-order chi connectivity index (χ0) is 18.4. The molecule has 2 amide bonds. The van der Waals surface area contributed by atoms with Crippen molar-refractivity contribution < 1.29 is 9.59 Å². The van der Waals surface area contributed by atoms with Crippen LogP contribution in [0.2, 0.25) is 0 Å². The Labute approximate surface area is 149 Å². The number of anilines is 1. The quantitative estimate of drug-likeness (QED) is 0.687. The zero-order valence-corrected chi connectivity index (χ0v) is 15.6. The van der Waals surface area contributed by atoms with E-state index in [9.17, 15) is 9.59 Å². The van der Waals surface area contributed by atoms with Crippen molar-refractivity contribution in [1.29, 1.82) is 0 Å². The standard InChI is InChI=1S/C18H29N5O2/c1-12(2)15(24)22-18(8-6-5-7-9-18)23-16(25)14-10-19-17(20-11-14)21-13(3)4/h10-13H,5-9H2,1-4H3,(H,22,24)(H,23,25)(H,19,20,21). The Bertz CT molecular complexity index is 592. The lowest BCUT2D eigenvalue weighted by molar-refractivity contribution is -0.126. The first kappa shape index (κ1) is 19.1. The summed E-state index contributed by atoms with van der Waals surface area (Å²) in [7, 11) is 0. The number of aromatic nitrogens is 2. The van der Waals surface area contributed by atoms with Gasteiger partial charge in [0.25, 0.3) is 5.91 Å². The van der Waals surface area contributed by atoms with Crippen LogP contribution in [0.3, 0.4) is 0 Å². The highest BCUT2D eigenvalue weighted by Gasteiger charge is 2.35. The molecule has 1 fully saturated rings. The van der Waals surface area contributed by atoms with Gasteiger partial charge in [-0.05, 0) is 39.5 Å². The summed E-state index contributed by atoms with van der Waals surface area (Å²) in [6, 6.07) is 0.219. The van der Waals surface area contributed by atoms with E-state index in [1.54, 1.807) is 0 Å². The maximum atomic E-state index is 12.6. The molecule has 138 valence electrons. The molecule has 1 aromatic heterocycles. The van der Waals surface area contributed by atoms with Crippen LogP contribution in [-0.4, -0.2) is 33.5 Å². The van der Waals surface area contributed by atoms with Gasteiger partial charge in [0.2, 0.25) is 11.9 Å². The van der Waals surface area contributed by atoms with Crippen molar-refractivity contribution in [3.63, 3.8) is 0 Å². The summed E-state index contributed by atoms with van der Waals surface area (Å²) in [4.78, 5) is 33.2. The van der Waals surface area contributed by atoms with Crippen LogP contribution in [0.25, 0.3) is 0 Å². The summed E-state index contributed by atoms with van der Waals surface area (Å²) < 4.78 is 0. The molecule has 25 heavy (non-hydrogen) atoms. The number of nitrogens with zero attached hydrogens (tertiary/aromatic N) is 2. The molecule has 7 heteroatoms. The molecule has 0 atom stereocenters. The molecule has 0 spiro atoms. The maximum Gasteiger partial charge on any atom is 0.256 e. The van der Waals surface area contributed by atoms with Gasteiger partial charge in [0.05, 0.1) is 5.56 Å². The highest BCUT2D eigenvalue weighted by atomic mass is 16.2. The Kier molecular flexibility index (Phi) is 6.33. The Balaban J connectivity index is 2.09. The first-order valence-electron chi connectivity index (χ1n) is 9.04. The van der Waals surface area contributed by atoms with Crippen LogP contribution in [0, 0.1) is 5.92 Å². The molecule has 1 aliphatic carbocycles. The maximum absolute atomic E-state index is 12.6. The van der Waals surface area contributed by atoms with Gasteiger partial charge in [-0.25, -0.2) is 9.97 Å². The first-order chi connectivity index (χ1) is 11.8. The molecule has 0 unspecified atom stereocenters. The summed E-state index contributed by atoms with van der Waals surface area (Å²) in [5.41, 5.74) is -0.288. The third kappa shape index (κ3) is 5.41. The lowest BCUT2D eigenvalue weighted by atomic mass is 9.88. The fourth-order valence-electron chi connectivity index (χ4n) is 2.88. The second-order valence-corrected chi connectivity index (χ2v) is 7.34. The summed E-state index contributed by atoms with van der Waals surface area (Å²) in [6.07, 6.45) is 7.57. The average Bonchev–Trinajstić information content (AvgIpc) is 2.55. The largest absolute Gasteiger partial charge is 0.352 e. The lowest BCUT2D eigenvalue weighted by Crippen LogP contribution is -2.62. The van der Waals surface area contributed by atoms with E-state index in [0.717, 1.165) is 32.1 Å². The number of amides is 2. The second-order valence-electron chi connectivity index (χ2n) is 7.34. The number of hydrogen-bond acceptors (Lipinski definition) is 5. The zero-order valence-electron chi connectivity index (χ0n) is 15.6. The van der Waals surface area contributed by atoms with Gasteiger partial charge >= 0.3 is 0 Å². The van der Waals surface area contributed by atoms with Gasteiger partial charge in [-0.2, -0.15) is 0 Å². The minimum Gasteiger partial charge on any atom is -0.352 e. The smallest absolute Gasteiger partial charge is 0.256 e. The van der Waals surface area contributed by atoms with Crippen molar-refractivity contribution in [3.05, 3.63) is 18.0 Å². The topological polar surface area (TPSA) is 96.0 Å². The van der Waals surface area contributed by atoms with E-state index in [-0.39, 0.29) is 23.8 Å². The van der Waals surface area contributed by atoms with E-state index in [1.807, 2.05) is 27.7 Å². The van der Waals surface area contributed by atoms with Crippen LogP contribution < -0.4 is 16.0 Å². The van der Waals surface area contributed by atoms with Crippen molar-refractivity contribution in [2.45, 2.75) is 71.5 Å². The van der Waals surface area contributed by atoms with E-state index in [4.69, 9.17) is 0 Å². The molecule has 7 nitrogen and oxygen atoms in total. The molecular formula is C18H29N5O2. The highest BCUT2D eigenvalue weighted by molar-refractivity contribution is 5.94. The van der Waals surface area contributed by atoms with Gasteiger partial charge in [-0.1, -0.05) is 20.3 Å². The van der Waals surface area contributed by atoms with Crippen LogP contribution in [0.1, 0.15) is 70.2 Å². The Hall–Kier alpha value is -2.18. The molecule has 1 saturated carbocycles. The van der Waals surface area contributed by atoms with Crippen LogP contribution in [0.4, 0.5) is 5.95 Å². The normalized spacial score (nSPS) is 16.6. The van der Waals surface area contributed by atoms with Gasteiger partial charge in [0.15, 0.2) is 0 Å². The number of rotatable bonds is 6. The van der Waals surface area contributed by atoms with Gasteiger partial charge < -0.3 is 16.0 Å². The third-order valence-electron chi connectivity index (χ3n) is 4.28. The molecule has 1 aromatic rings. The van der Waals surface area contributed by atoms with E-state index in [0.29, 0.717) is 11.5 Å². The van der Waals surface area contributed by atoms with E-state index in [1.165, 1.54) is 12.4 Å². The van der Waals surface area contributed by atoms with Crippen molar-refractivity contribution in [1.82, 2.24) is 20.6 Å². The number of nitrogens with one attached hydrogen (secondary N) is 3. The first-order valence-corrected chi connectivity index (χ1v) is 9.04. The molecular weight excluding hydrogens is 318 g/mol. The average molecular weight is 347 g/mol. The van der Waals surface area contributed by atoms with Gasteiger partial charge in [0.1, 0.15) is 5.66 Å².